The van der Waals surface area contributed by atoms with Crippen molar-refractivity contribution in [2.24, 2.45) is 10.7 Å². The number of likely N-dealkylation sites (tertiary alicyclic amines) is 1. The number of nitrogens with one attached hydrogen (secondary N) is 1. The number of rotatable bonds is 8. The zero-order chi connectivity index (χ0) is 21.2. The minimum Gasteiger partial charge on any atom is -0.493 e. The predicted molar refractivity (Wildman–Crippen MR) is 120 cm³/mol. The second-order valence-electron chi connectivity index (χ2n) is 6.49. The fourth-order valence-electron chi connectivity index (χ4n) is 3.05. The third-order valence-electron chi connectivity index (χ3n) is 4.50. The molecule has 2 rings (SSSR count). The molecule has 0 bridgehead atoms. The first-order valence-corrected chi connectivity index (χ1v) is 9.52. The van der Waals surface area contributed by atoms with Gasteiger partial charge in [-0.15, -0.1) is 24.0 Å². The van der Waals surface area contributed by atoms with E-state index in [0.29, 0.717) is 38.6 Å². The van der Waals surface area contributed by atoms with Crippen LogP contribution in [0.15, 0.2) is 23.2 Å². The smallest absolute Gasteiger partial charge is 0.409 e. The zero-order valence-electron chi connectivity index (χ0n) is 17.1. The van der Waals surface area contributed by atoms with Gasteiger partial charge in [0.2, 0.25) is 0 Å². The lowest BCUT2D eigenvalue weighted by molar-refractivity contribution is -0.0512. The molecular weight excluding hydrogens is 513 g/mol. The summed E-state index contributed by atoms with van der Waals surface area (Å²) < 4.78 is 39.5. The maximum Gasteiger partial charge on any atom is 0.409 e. The maximum atomic E-state index is 12.5. The van der Waals surface area contributed by atoms with E-state index >= 15 is 0 Å². The van der Waals surface area contributed by atoms with Gasteiger partial charge >= 0.3 is 12.7 Å². The molecule has 0 radical (unpaired) electrons. The van der Waals surface area contributed by atoms with Gasteiger partial charge in [-0.25, -0.2) is 4.79 Å². The Kier molecular flexibility index (Phi) is 11.5. The van der Waals surface area contributed by atoms with Crippen LogP contribution in [0.5, 0.6) is 11.5 Å². The second kappa shape index (κ2) is 13.3. The number of carbonyl (C=O) groups excluding carboxylic acids is 1. The molecule has 0 spiro atoms. The quantitative estimate of drug-likeness (QED) is 0.298. The summed E-state index contributed by atoms with van der Waals surface area (Å²) in [5.74, 6) is 0.550. The number of nitrogens with zero attached hydrogens (tertiary/aromatic N) is 2. The molecular formula is C19H29F2IN4O4. The zero-order valence-corrected chi connectivity index (χ0v) is 19.4. The van der Waals surface area contributed by atoms with Gasteiger partial charge in [0.15, 0.2) is 17.5 Å². The van der Waals surface area contributed by atoms with E-state index in [1.54, 1.807) is 24.0 Å². The number of carbonyl (C=O) groups is 1. The molecule has 1 heterocycles. The second-order valence-corrected chi connectivity index (χ2v) is 6.49. The van der Waals surface area contributed by atoms with Crippen molar-refractivity contribution in [2.45, 2.75) is 38.8 Å². The van der Waals surface area contributed by atoms with Crippen LogP contribution >= 0.6 is 24.0 Å². The van der Waals surface area contributed by atoms with Crippen molar-refractivity contribution in [1.82, 2.24) is 10.2 Å². The lowest BCUT2D eigenvalue weighted by Crippen LogP contribution is -2.48. The topological polar surface area (TPSA) is 98.4 Å². The summed E-state index contributed by atoms with van der Waals surface area (Å²) >= 11 is 0. The Labute approximate surface area is 192 Å². The van der Waals surface area contributed by atoms with Gasteiger partial charge in [0.1, 0.15) is 0 Å². The predicted octanol–water partition coefficient (Wildman–Crippen LogP) is 2.98. The van der Waals surface area contributed by atoms with E-state index in [1.807, 2.05) is 0 Å². The van der Waals surface area contributed by atoms with Crippen LogP contribution in [0.2, 0.25) is 0 Å². The standard InChI is InChI=1S/C19H28F2N4O4.HI/c1-3-28-19(26)25-10-7-14(8-11-25)24-18(22)23-9-6-13-4-5-15(27-2)16(12-13)29-17(20)21;/h4-5,12,14,17H,3,6-11H2,1-2H3,(H3,22,23,24);1H. The van der Waals surface area contributed by atoms with Gasteiger partial charge < -0.3 is 30.2 Å². The van der Waals surface area contributed by atoms with Crippen LogP contribution < -0.4 is 20.5 Å². The fourth-order valence-corrected chi connectivity index (χ4v) is 3.05. The Hall–Kier alpha value is -2.05. The van der Waals surface area contributed by atoms with Crippen molar-refractivity contribution in [1.29, 1.82) is 0 Å². The Balaban J connectivity index is 0.00000450. The number of aliphatic imine (C=N–C) groups is 1. The van der Waals surface area contributed by atoms with E-state index in [9.17, 15) is 13.6 Å². The molecule has 1 aliphatic heterocycles. The van der Waals surface area contributed by atoms with Crippen molar-refractivity contribution in [3.8, 4) is 11.5 Å². The van der Waals surface area contributed by atoms with E-state index < -0.39 is 6.61 Å². The first-order chi connectivity index (χ1) is 13.9. The third-order valence-corrected chi connectivity index (χ3v) is 4.50. The van der Waals surface area contributed by atoms with Crippen LogP contribution in [-0.2, 0) is 11.2 Å². The van der Waals surface area contributed by atoms with Gasteiger partial charge in [0, 0.05) is 25.7 Å². The Morgan fingerprint density at radius 3 is 2.63 bits per heavy atom. The van der Waals surface area contributed by atoms with Gasteiger partial charge in [-0.2, -0.15) is 8.78 Å². The summed E-state index contributed by atoms with van der Waals surface area (Å²) in [5.41, 5.74) is 6.72. The van der Waals surface area contributed by atoms with Crippen molar-refractivity contribution in [3.05, 3.63) is 23.8 Å². The van der Waals surface area contributed by atoms with Crippen LogP contribution in [0.4, 0.5) is 13.6 Å². The molecule has 1 fully saturated rings. The maximum absolute atomic E-state index is 12.5. The molecule has 0 unspecified atom stereocenters. The summed E-state index contributed by atoms with van der Waals surface area (Å²) in [6.07, 6.45) is 1.72. The molecule has 1 aromatic carbocycles. The molecule has 1 aliphatic rings. The fraction of sp³-hybridized carbons (Fsp3) is 0.579. The third kappa shape index (κ3) is 8.36. The molecule has 8 nitrogen and oxygen atoms in total. The molecule has 11 heteroatoms. The lowest BCUT2D eigenvalue weighted by Gasteiger charge is -2.31. The normalized spacial score (nSPS) is 14.8. The van der Waals surface area contributed by atoms with Crippen molar-refractivity contribution < 1.29 is 27.8 Å². The monoisotopic (exact) mass is 542 g/mol. The van der Waals surface area contributed by atoms with Gasteiger partial charge in [-0.3, -0.25) is 4.99 Å². The summed E-state index contributed by atoms with van der Waals surface area (Å²) in [4.78, 5) is 17.7. The van der Waals surface area contributed by atoms with E-state index in [2.05, 4.69) is 15.0 Å². The van der Waals surface area contributed by atoms with Crippen LogP contribution in [0.1, 0.15) is 25.3 Å². The van der Waals surface area contributed by atoms with Crippen molar-refractivity contribution in [3.63, 3.8) is 0 Å². The Morgan fingerprint density at radius 1 is 1.33 bits per heavy atom. The average molecular weight is 542 g/mol. The Morgan fingerprint density at radius 2 is 2.03 bits per heavy atom. The van der Waals surface area contributed by atoms with E-state index in [4.69, 9.17) is 15.2 Å². The number of hydrogen-bond donors (Lipinski definition) is 2. The number of methoxy groups -OCH3 is 1. The highest BCUT2D eigenvalue weighted by Gasteiger charge is 2.23. The molecule has 0 aliphatic carbocycles. The van der Waals surface area contributed by atoms with E-state index in [0.717, 1.165) is 18.4 Å². The van der Waals surface area contributed by atoms with Crippen LogP contribution in [0.3, 0.4) is 0 Å². The minimum absolute atomic E-state index is 0. The largest absolute Gasteiger partial charge is 0.493 e. The first kappa shape index (κ1) is 26.0. The Bertz CT molecular complexity index is 701. The molecule has 30 heavy (non-hydrogen) atoms. The molecule has 0 saturated carbocycles. The highest BCUT2D eigenvalue weighted by molar-refractivity contribution is 14.0. The number of benzene rings is 1. The van der Waals surface area contributed by atoms with Gasteiger partial charge in [-0.1, -0.05) is 6.07 Å². The van der Waals surface area contributed by atoms with E-state index in [1.165, 1.54) is 13.2 Å². The molecule has 0 aromatic heterocycles. The van der Waals surface area contributed by atoms with Crippen LogP contribution in [-0.4, -0.2) is 63.0 Å². The van der Waals surface area contributed by atoms with Gasteiger partial charge in [0.25, 0.3) is 0 Å². The summed E-state index contributed by atoms with van der Waals surface area (Å²) in [7, 11) is 1.39. The molecule has 170 valence electrons. The number of piperidine rings is 1. The van der Waals surface area contributed by atoms with Crippen LogP contribution in [0.25, 0.3) is 0 Å². The van der Waals surface area contributed by atoms with Gasteiger partial charge in [-0.05, 0) is 43.9 Å². The first-order valence-electron chi connectivity index (χ1n) is 9.52. The summed E-state index contributed by atoms with van der Waals surface area (Å²) in [6.45, 7) is 0.807. The van der Waals surface area contributed by atoms with Gasteiger partial charge in [0.05, 0.1) is 13.7 Å². The number of hydrogen-bond acceptors (Lipinski definition) is 5. The highest BCUT2D eigenvalue weighted by Crippen LogP contribution is 2.29. The minimum atomic E-state index is -2.92. The van der Waals surface area contributed by atoms with E-state index in [-0.39, 0.29) is 47.6 Å². The number of amides is 1. The SMILES string of the molecule is CCOC(=O)N1CCC(NC(N)=NCCc2ccc(OC)c(OC(F)F)c2)CC1.I. The molecule has 1 saturated heterocycles. The molecule has 1 aromatic rings. The highest BCUT2D eigenvalue weighted by atomic mass is 127. The van der Waals surface area contributed by atoms with Crippen molar-refractivity contribution >= 4 is 36.0 Å². The summed E-state index contributed by atoms with van der Waals surface area (Å²) in [6, 6.07) is 4.99. The average Bonchev–Trinajstić information content (AvgIpc) is 2.68. The molecule has 1 amide bonds. The lowest BCUT2D eigenvalue weighted by atomic mass is 10.1. The number of halogens is 3. The summed E-state index contributed by atoms with van der Waals surface area (Å²) in [5, 5.41) is 3.16. The number of guanidine groups is 1. The molecule has 0 atom stereocenters. The van der Waals surface area contributed by atoms with Crippen LogP contribution in [0, 0.1) is 0 Å². The number of nitrogens with two attached hydrogens (primary N) is 1. The number of ether oxygens (including phenoxy) is 3. The number of alkyl halides is 2. The molecule has 3 N–H and O–H groups in total. The van der Waals surface area contributed by atoms with Crippen molar-refractivity contribution in [2.75, 3.05) is 33.4 Å².